The Balaban J connectivity index is 1.61. The first-order chi connectivity index (χ1) is 14.5. The summed E-state index contributed by atoms with van der Waals surface area (Å²) in [6.07, 6.45) is 3.77. The molecule has 1 heterocycles. The molecule has 0 saturated heterocycles. The molecule has 0 N–H and O–H groups in total. The summed E-state index contributed by atoms with van der Waals surface area (Å²) in [5.74, 6) is 0.600. The Morgan fingerprint density at radius 3 is 2.50 bits per heavy atom. The standard InChI is InChI=1S/C24H19Br2NO3/c1-2-3-10-29-22-19(25)11-15(12-20(22)26)13-21-24(28)30-23(27-21)18-9-8-16-6-4-5-7-17(16)14-18/h4-9,11-14H,2-3,10H2,1H3/b21-13-. The molecule has 0 saturated carbocycles. The van der Waals surface area contributed by atoms with Crippen LogP contribution in [0.1, 0.15) is 30.9 Å². The van der Waals surface area contributed by atoms with Crippen LogP contribution in [-0.4, -0.2) is 18.5 Å². The van der Waals surface area contributed by atoms with E-state index in [9.17, 15) is 4.79 Å². The van der Waals surface area contributed by atoms with Gasteiger partial charge >= 0.3 is 5.97 Å². The fraction of sp³-hybridized carbons (Fsp3) is 0.167. The minimum absolute atomic E-state index is 0.261. The summed E-state index contributed by atoms with van der Waals surface area (Å²) in [6.45, 7) is 2.77. The first-order valence-electron chi connectivity index (χ1n) is 9.68. The van der Waals surface area contributed by atoms with Crippen LogP contribution in [0.25, 0.3) is 16.8 Å². The van der Waals surface area contributed by atoms with E-state index < -0.39 is 5.97 Å². The minimum Gasteiger partial charge on any atom is -0.491 e. The zero-order valence-corrected chi connectivity index (χ0v) is 19.5. The van der Waals surface area contributed by atoms with E-state index in [0.29, 0.717) is 12.5 Å². The zero-order chi connectivity index (χ0) is 21.1. The molecule has 0 amide bonds. The average molecular weight is 529 g/mol. The van der Waals surface area contributed by atoms with Crippen LogP contribution in [0.4, 0.5) is 0 Å². The van der Waals surface area contributed by atoms with Crippen molar-refractivity contribution in [3.05, 3.63) is 80.4 Å². The third-order valence-corrected chi connectivity index (χ3v) is 5.86. The zero-order valence-electron chi connectivity index (χ0n) is 16.3. The fourth-order valence-corrected chi connectivity index (χ4v) is 4.58. The number of halogens is 2. The van der Waals surface area contributed by atoms with E-state index in [1.807, 2.05) is 54.6 Å². The highest BCUT2D eigenvalue weighted by Gasteiger charge is 2.24. The lowest BCUT2D eigenvalue weighted by atomic mass is 10.1. The van der Waals surface area contributed by atoms with Crippen molar-refractivity contribution in [3.63, 3.8) is 0 Å². The fourth-order valence-electron chi connectivity index (χ4n) is 3.13. The summed E-state index contributed by atoms with van der Waals surface area (Å²) >= 11 is 7.10. The highest BCUT2D eigenvalue weighted by molar-refractivity contribution is 9.11. The molecule has 0 bridgehead atoms. The summed E-state index contributed by atoms with van der Waals surface area (Å²) in [6, 6.07) is 17.7. The van der Waals surface area contributed by atoms with Crippen molar-refractivity contribution < 1.29 is 14.3 Å². The topological polar surface area (TPSA) is 47.9 Å². The van der Waals surface area contributed by atoms with E-state index in [1.165, 1.54) is 0 Å². The van der Waals surface area contributed by atoms with E-state index in [4.69, 9.17) is 9.47 Å². The Morgan fingerprint density at radius 1 is 1.03 bits per heavy atom. The number of esters is 1. The Kier molecular flexibility index (Phi) is 6.35. The largest absolute Gasteiger partial charge is 0.491 e. The average Bonchev–Trinajstić information content (AvgIpc) is 3.10. The summed E-state index contributed by atoms with van der Waals surface area (Å²) in [5.41, 5.74) is 1.84. The Morgan fingerprint density at radius 2 is 1.77 bits per heavy atom. The predicted octanol–water partition coefficient (Wildman–Crippen LogP) is 6.89. The monoisotopic (exact) mass is 527 g/mol. The number of nitrogens with zero attached hydrogens (tertiary/aromatic N) is 1. The second-order valence-corrected chi connectivity index (χ2v) is 8.62. The van der Waals surface area contributed by atoms with Crippen LogP contribution in [0.5, 0.6) is 5.75 Å². The Bertz CT molecular complexity index is 1160. The number of carbonyl (C=O) groups is 1. The molecule has 0 spiro atoms. The third-order valence-electron chi connectivity index (χ3n) is 4.69. The summed E-state index contributed by atoms with van der Waals surface area (Å²) in [7, 11) is 0. The molecule has 30 heavy (non-hydrogen) atoms. The lowest BCUT2D eigenvalue weighted by Crippen LogP contribution is -2.05. The molecule has 4 rings (SSSR count). The van der Waals surface area contributed by atoms with Gasteiger partial charge in [0.05, 0.1) is 15.6 Å². The molecule has 3 aromatic carbocycles. The van der Waals surface area contributed by atoms with Crippen LogP contribution in [0.3, 0.4) is 0 Å². The SMILES string of the molecule is CCCCOc1c(Br)cc(/C=C2\N=C(c3ccc4ccccc4c3)OC2=O)cc1Br. The number of rotatable bonds is 6. The van der Waals surface area contributed by atoms with E-state index in [-0.39, 0.29) is 5.70 Å². The van der Waals surface area contributed by atoms with Crippen molar-refractivity contribution in [2.75, 3.05) is 6.61 Å². The molecule has 0 aliphatic carbocycles. The number of fused-ring (bicyclic) bond motifs is 1. The van der Waals surface area contributed by atoms with Crippen LogP contribution >= 0.6 is 31.9 Å². The van der Waals surface area contributed by atoms with Crippen molar-refractivity contribution in [2.24, 2.45) is 4.99 Å². The van der Waals surface area contributed by atoms with E-state index in [2.05, 4.69) is 43.8 Å². The lowest BCUT2D eigenvalue weighted by Gasteiger charge is -2.11. The van der Waals surface area contributed by atoms with Crippen LogP contribution in [-0.2, 0) is 9.53 Å². The van der Waals surface area contributed by atoms with Gasteiger partial charge in [-0.2, -0.15) is 0 Å². The maximum atomic E-state index is 12.4. The van der Waals surface area contributed by atoms with Gasteiger partial charge in [0.15, 0.2) is 5.70 Å². The van der Waals surface area contributed by atoms with Crippen LogP contribution in [0, 0.1) is 0 Å². The molecule has 4 nitrogen and oxygen atoms in total. The quantitative estimate of drug-likeness (QED) is 0.199. The first kappa shape index (κ1) is 20.8. The summed E-state index contributed by atoms with van der Waals surface area (Å²) in [4.78, 5) is 16.8. The normalized spacial score (nSPS) is 14.8. The van der Waals surface area contributed by atoms with Crippen molar-refractivity contribution in [1.82, 2.24) is 0 Å². The number of benzene rings is 3. The van der Waals surface area contributed by atoms with Crippen LogP contribution < -0.4 is 4.74 Å². The predicted molar refractivity (Wildman–Crippen MR) is 127 cm³/mol. The number of hydrogen-bond acceptors (Lipinski definition) is 4. The second-order valence-electron chi connectivity index (χ2n) is 6.91. The van der Waals surface area contributed by atoms with Gasteiger partial charge in [0, 0.05) is 5.56 Å². The van der Waals surface area contributed by atoms with Gasteiger partial charge < -0.3 is 9.47 Å². The van der Waals surface area contributed by atoms with Crippen molar-refractivity contribution in [3.8, 4) is 5.75 Å². The van der Waals surface area contributed by atoms with Gasteiger partial charge in [-0.1, -0.05) is 43.7 Å². The van der Waals surface area contributed by atoms with Gasteiger partial charge in [-0.3, -0.25) is 0 Å². The number of carbonyl (C=O) groups excluding carboxylic acids is 1. The highest BCUT2D eigenvalue weighted by atomic mass is 79.9. The van der Waals surface area contributed by atoms with Crippen LogP contribution in [0.2, 0.25) is 0 Å². The molecule has 0 unspecified atom stereocenters. The smallest absolute Gasteiger partial charge is 0.363 e. The van der Waals surface area contributed by atoms with Gasteiger partial charge in [0.2, 0.25) is 5.90 Å². The molecule has 1 aliphatic rings. The van der Waals surface area contributed by atoms with Gasteiger partial charge in [0.1, 0.15) is 5.75 Å². The first-order valence-corrected chi connectivity index (χ1v) is 11.3. The van der Waals surface area contributed by atoms with Crippen molar-refractivity contribution in [2.45, 2.75) is 19.8 Å². The van der Waals surface area contributed by atoms with E-state index >= 15 is 0 Å². The number of hydrogen-bond donors (Lipinski definition) is 0. The van der Waals surface area contributed by atoms with E-state index in [0.717, 1.165) is 49.4 Å². The maximum Gasteiger partial charge on any atom is 0.363 e. The highest BCUT2D eigenvalue weighted by Crippen LogP contribution is 2.36. The molecule has 0 aromatic heterocycles. The molecular formula is C24H19Br2NO3. The molecule has 152 valence electrons. The van der Waals surface area contributed by atoms with Crippen molar-refractivity contribution in [1.29, 1.82) is 0 Å². The van der Waals surface area contributed by atoms with Gasteiger partial charge in [-0.05, 0) is 85.0 Å². The second kappa shape index (κ2) is 9.14. The molecule has 0 radical (unpaired) electrons. The van der Waals surface area contributed by atoms with Gasteiger partial charge in [-0.25, -0.2) is 9.79 Å². The number of aliphatic imine (C=N–C) groups is 1. The molecule has 6 heteroatoms. The summed E-state index contributed by atoms with van der Waals surface area (Å²) < 4.78 is 12.9. The number of ether oxygens (including phenoxy) is 2. The molecular weight excluding hydrogens is 510 g/mol. The molecule has 1 aliphatic heterocycles. The Hall–Kier alpha value is -2.44. The lowest BCUT2D eigenvalue weighted by molar-refractivity contribution is -0.129. The number of unbranched alkanes of at least 4 members (excludes halogenated alkanes) is 1. The number of cyclic esters (lactones) is 1. The molecule has 3 aromatic rings. The van der Waals surface area contributed by atoms with Gasteiger partial charge in [0.25, 0.3) is 0 Å². The van der Waals surface area contributed by atoms with Crippen LogP contribution in [0.15, 0.2) is 74.2 Å². The minimum atomic E-state index is -0.464. The Labute approximate surface area is 191 Å². The van der Waals surface area contributed by atoms with Gasteiger partial charge in [-0.15, -0.1) is 0 Å². The van der Waals surface area contributed by atoms with E-state index in [1.54, 1.807) is 6.08 Å². The summed E-state index contributed by atoms with van der Waals surface area (Å²) in [5, 5.41) is 2.19. The van der Waals surface area contributed by atoms with Crippen molar-refractivity contribution >= 4 is 60.6 Å². The molecule has 0 fully saturated rings. The maximum absolute atomic E-state index is 12.4. The third kappa shape index (κ3) is 4.50. The molecule has 0 atom stereocenters.